The van der Waals surface area contributed by atoms with Gasteiger partial charge in [0.25, 0.3) is 0 Å². The lowest BCUT2D eigenvalue weighted by molar-refractivity contribution is -0.205. The SMILES string of the molecule is CC1(C)OC23CCC4(C)C(C(=O)CC5Cc6c([nH]c7ccccc67)[C@@]54C)C2=CC(=O)C1O3. The highest BCUT2D eigenvalue weighted by Gasteiger charge is 2.71. The summed E-state index contributed by atoms with van der Waals surface area (Å²) < 4.78 is 12.8. The lowest BCUT2D eigenvalue weighted by atomic mass is 9.44. The molecule has 0 radical (unpaired) electrons. The minimum absolute atomic E-state index is 0.0693. The van der Waals surface area contributed by atoms with Gasteiger partial charge in [0.1, 0.15) is 11.4 Å². The first-order valence-corrected chi connectivity index (χ1v) is 11.9. The average molecular weight is 432 g/mol. The van der Waals surface area contributed by atoms with Crippen LogP contribution in [0, 0.1) is 17.3 Å². The number of hydrogen-bond acceptors (Lipinski definition) is 4. The van der Waals surface area contributed by atoms with Crippen LogP contribution in [0.15, 0.2) is 35.9 Å². The zero-order valence-corrected chi connectivity index (χ0v) is 19.1. The molecule has 5 nitrogen and oxygen atoms in total. The lowest BCUT2D eigenvalue weighted by Crippen LogP contribution is -2.63. The third-order valence-electron chi connectivity index (χ3n) is 9.84. The van der Waals surface area contributed by atoms with Crippen molar-refractivity contribution in [3.63, 3.8) is 0 Å². The lowest BCUT2D eigenvalue weighted by Gasteiger charge is -2.60. The van der Waals surface area contributed by atoms with Gasteiger partial charge >= 0.3 is 0 Å². The Labute approximate surface area is 187 Å². The van der Waals surface area contributed by atoms with Crippen LogP contribution in [0.4, 0.5) is 0 Å². The summed E-state index contributed by atoms with van der Waals surface area (Å²) in [6.07, 6.45) is 4.07. The highest BCUT2D eigenvalue weighted by Crippen LogP contribution is 2.69. The number of rotatable bonds is 0. The molecule has 166 valence electrons. The molecule has 5 heteroatoms. The van der Waals surface area contributed by atoms with E-state index < -0.39 is 17.5 Å². The molecular weight excluding hydrogens is 402 g/mol. The van der Waals surface area contributed by atoms with Crippen LogP contribution in [0.25, 0.3) is 10.9 Å². The third kappa shape index (κ3) is 1.92. The highest BCUT2D eigenvalue weighted by atomic mass is 16.8. The van der Waals surface area contributed by atoms with Crippen LogP contribution in [-0.4, -0.2) is 34.0 Å². The number of carbonyl (C=O) groups excluding carboxylic acids is 2. The molecule has 0 amide bonds. The molecule has 3 aliphatic carbocycles. The summed E-state index contributed by atoms with van der Waals surface area (Å²) in [5, 5.41) is 1.28. The maximum Gasteiger partial charge on any atom is 0.193 e. The van der Waals surface area contributed by atoms with Gasteiger partial charge in [0.2, 0.25) is 0 Å². The first-order chi connectivity index (χ1) is 15.1. The molecule has 1 spiro atoms. The maximum absolute atomic E-state index is 13.8. The molecular formula is C27H29NO4. The van der Waals surface area contributed by atoms with E-state index in [0.717, 1.165) is 18.4 Å². The number of aromatic nitrogens is 1. The van der Waals surface area contributed by atoms with E-state index in [4.69, 9.17) is 9.47 Å². The van der Waals surface area contributed by atoms with E-state index in [0.29, 0.717) is 12.8 Å². The van der Waals surface area contributed by atoms with Crippen molar-refractivity contribution in [1.29, 1.82) is 0 Å². The molecule has 1 aromatic carbocycles. The maximum atomic E-state index is 13.8. The minimum atomic E-state index is -0.938. The Morgan fingerprint density at radius 2 is 1.81 bits per heavy atom. The van der Waals surface area contributed by atoms with Crippen LogP contribution in [0.1, 0.15) is 58.2 Å². The monoisotopic (exact) mass is 431 g/mol. The molecule has 32 heavy (non-hydrogen) atoms. The van der Waals surface area contributed by atoms with E-state index in [-0.39, 0.29) is 34.2 Å². The summed E-state index contributed by atoms with van der Waals surface area (Å²) in [5.74, 6) is -0.870. The molecule has 1 saturated heterocycles. The number of hydrogen-bond donors (Lipinski definition) is 1. The number of ketones is 2. The highest BCUT2D eigenvalue weighted by molar-refractivity contribution is 5.99. The Hall–Kier alpha value is -2.24. The van der Waals surface area contributed by atoms with Gasteiger partial charge in [0, 0.05) is 40.4 Å². The van der Waals surface area contributed by atoms with Crippen molar-refractivity contribution in [3.05, 3.63) is 47.2 Å². The van der Waals surface area contributed by atoms with E-state index in [2.05, 4.69) is 43.1 Å². The smallest absolute Gasteiger partial charge is 0.193 e. The van der Waals surface area contributed by atoms with Crippen LogP contribution in [0.5, 0.6) is 0 Å². The van der Waals surface area contributed by atoms with E-state index in [9.17, 15) is 9.59 Å². The predicted molar refractivity (Wildman–Crippen MR) is 119 cm³/mol. The Morgan fingerprint density at radius 3 is 2.62 bits per heavy atom. The second-order valence-corrected chi connectivity index (χ2v) is 11.6. The number of Topliss-reactive ketones (excluding diaryl/α,β-unsaturated/α-hetero) is 1. The summed E-state index contributed by atoms with van der Waals surface area (Å²) in [4.78, 5) is 30.6. The number of ether oxygens (including phenoxy) is 2. The fourth-order valence-electron chi connectivity index (χ4n) is 8.16. The van der Waals surface area contributed by atoms with Crippen molar-refractivity contribution in [2.45, 2.75) is 76.3 Å². The van der Waals surface area contributed by atoms with E-state index in [1.165, 1.54) is 22.2 Å². The Kier molecular flexibility index (Phi) is 3.28. The van der Waals surface area contributed by atoms with Crippen LogP contribution < -0.4 is 0 Å². The molecule has 2 bridgehead atoms. The minimum Gasteiger partial charge on any atom is -0.358 e. The second-order valence-electron chi connectivity index (χ2n) is 11.6. The number of nitrogens with one attached hydrogen (secondary N) is 1. The van der Waals surface area contributed by atoms with Gasteiger partial charge in [-0.05, 0) is 55.7 Å². The predicted octanol–water partition coefficient (Wildman–Crippen LogP) is 4.39. The van der Waals surface area contributed by atoms with Crippen molar-refractivity contribution in [3.8, 4) is 0 Å². The first kappa shape index (κ1) is 19.2. The molecule has 5 unspecified atom stereocenters. The normalized spacial score (nSPS) is 43.5. The average Bonchev–Trinajstić information content (AvgIpc) is 3.31. The van der Waals surface area contributed by atoms with Crippen LogP contribution in [0.3, 0.4) is 0 Å². The van der Waals surface area contributed by atoms with Crippen molar-refractivity contribution in [1.82, 2.24) is 4.98 Å². The Balaban J connectivity index is 1.43. The number of carbonyl (C=O) groups is 2. The fraction of sp³-hybridized carbons (Fsp3) is 0.556. The summed E-state index contributed by atoms with van der Waals surface area (Å²) in [5.41, 5.74) is 3.40. The van der Waals surface area contributed by atoms with Gasteiger partial charge in [-0.2, -0.15) is 0 Å². The van der Waals surface area contributed by atoms with Gasteiger partial charge in [-0.1, -0.05) is 32.0 Å². The molecule has 2 aromatic rings. The van der Waals surface area contributed by atoms with Crippen molar-refractivity contribution < 1.29 is 19.1 Å². The van der Waals surface area contributed by atoms with E-state index >= 15 is 0 Å². The second kappa shape index (κ2) is 5.45. The van der Waals surface area contributed by atoms with Crippen molar-refractivity contribution in [2.24, 2.45) is 17.3 Å². The molecule has 7 rings (SSSR count). The topological polar surface area (TPSA) is 68.4 Å². The van der Waals surface area contributed by atoms with Gasteiger partial charge in [0.05, 0.1) is 5.92 Å². The van der Waals surface area contributed by atoms with Crippen molar-refractivity contribution >= 4 is 22.5 Å². The zero-order valence-electron chi connectivity index (χ0n) is 19.1. The zero-order chi connectivity index (χ0) is 22.3. The van der Waals surface area contributed by atoms with Gasteiger partial charge in [0.15, 0.2) is 17.7 Å². The molecule has 5 aliphatic rings. The molecule has 3 heterocycles. The fourth-order valence-corrected chi connectivity index (χ4v) is 8.16. The van der Waals surface area contributed by atoms with Crippen LogP contribution in [0.2, 0.25) is 0 Å². The van der Waals surface area contributed by atoms with Gasteiger partial charge in [-0.3, -0.25) is 9.59 Å². The first-order valence-electron chi connectivity index (χ1n) is 11.9. The Bertz CT molecular complexity index is 1270. The van der Waals surface area contributed by atoms with Gasteiger partial charge in [-0.15, -0.1) is 0 Å². The van der Waals surface area contributed by atoms with Crippen molar-refractivity contribution in [2.75, 3.05) is 0 Å². The standard InChI is InChI=1S/C27H29NO4/c1-24(2)23-20(30)13-17-21-19(29)12-14-11-16-15-7-5-6-8-18(15)28-22(16)26(14,4)25(21,3)9-10-27(17,31-23)32-24/h5-8,13-14,21,23,28H,9-12H2,1-4H3/t14?,21?,23?,25?,26-,27?/m1/s1. The number of para-hydroxylation sites is 1. The summed E-state index contributed by atoms with van der Waals surface area (Å²) >= 11 is 0. The number of H-pyrrole nitrogens is 1. The summed E-state index contributed by atoms with van der Waals surface area (Å²) in [6, 6.07) is 8.48. The quantitative estimate of drug-likeness (QED) is 0.672. The largest absolute Gasteiger partial charge is 0.358 e. The molecule has 2 saturated carbocycles. The van der Waals surface area contributed by atoms with Gasteiger partial charge in [-0.25, -0.2) is 0 Å². The third-order valence-corrected chi connectivity index (χ3v) is 9.84. The van der Waals surface area contributed by atoms with E-state index in [1.54, 1.807) is 6.08 Å². The number of fused-ring (bicyclic) bond motifs is 9. The van der Waals surface area contributed by atoms with Gasteiger partial charge < -0.3 is 14.5 Å². The van der Waals surface area contributed by atoms with Crippen LogP contribution >= 0.6 is 0 Å². The number of benzene rings is 1. The molecule has 3 fully saturated rings. The molecule has 6 atom stereocenters. The molecule has 2 aliphatic heterocycles. The molecule has 1 aromatic heterocycles. The van der Waals surface area contributed by atoms with E-state index in [1.807, 2.05) is 13.8 Å². The summed E-state index contributed by atoms with van der Waals surface area (Å²) in [6.45, 7) is 8.46. The number of aromatic amines is 1. The summed E-state index contributed by atoms with van der Waals surface area (Å²) in [7, 11) is 0. The van der Waals surface area contributed by atoms with Crippen LogP contribution in [-0.2, 0) is 30.9 Å². The Morgan fingerprint density at radius 1 is 1.03 bits per heavy atom. The molecule has 1 N–H and O–H groups in total.